The van der Waals surface area contributed by atoms with E-state index >= 15 is 0 Å². The van der Waals surface area contributed by atoms with Gasteiger partial charge in [-0.1, -0.05) is 0 Å². The molecule has 0 aliphatic carbocycles. The van der Waals surface area contributed by atoms with Gasteiger partial charge in [-0.25, -0.2) is 0 Å². The minimum atomic E-state index is -0.396. The lowest BCUT2D eigenvalue weighted by Crippen LogP contribution is -2.42. The normalized spacial score (nSPS) is 22.7. The first-order chi connectivity index (χ1) is 7.20. The summed E-state index contributed by atoms with van der Waals surface area (Å²) < 4.78 is 5.39. The summed E-state index contributed by atoms with van der Waals surface area (Å²) in [5.41, 5.74) is -0.396. The maximum atomic E-state index is 9.01. The Morgan fingerprint density at radius 1 is 1.47 bits per heavy atom. The maximum Gasteiger partial charge on any atom is 0.104 e. The van der Waals surface area contributed by atoms with Gasteiger partial charge in [-0.3, -0.25) is 0 Å². The Bertz CT molecular complexity index is 218. The van der Waals surface area contributed by atoms with Crippen molar-refractivity contribution in [2.75, 3.05) is 39.9 Å². The Morgan fingerprint density at radius 2 is 2.27 bits per heavy atom. The van der Waals surface area contributed by atoms with E-state index < -0.39 is 5.54 Å². The van der Waals surface area contributed by atoms with E-state index in [0.717, 1.165) is 45.7 Å². The maximum absolute atomic E-state index is 9.01. The highest BCUT2D eigenvalue weighted by Crippen LogP contribution is 2.09. The molecule has 0 amide bonds. The van der Waals surface area contributed by atoms with E-state index in [2.05, 4.69) is 16.3 Å². The highest BCUT2D eigenvalue weighted by atomic mass is 16.5. The van der Waals surface area contributed by atoms with Crippen LogP contribution in [0.2, 0.25) is 0 Å². The lowest BCUT2D eigenvalue weighted by molar-refractivity contribution is 0.140. The van der Waals surface area contributed by atoms with Gasteiger partial charge in [-0.15, -0.1) is 0 Å². The van der Waals surface area contributed by atoms with Gasteiger partial charge in [0, 0.05) is 26.2 Å². The van der Waals surface area contributed by atoms with Gasteiger partial charge in [0.15, 0.2) is 0 Å². The van der Waals surface area contributed by atoms with E-state index in [4.69, 9.17) is 10.00 Å². The molecule has 4 heteroatoms. The molecule has 0 spiro atoms. The van der Waals surface area contributed by atoms with Crippen LogP contribution < -0.4 is 5.32 Å². The molecule has 1 fully saturated rings. The van der Waals surface area contributed by atoms with Crippen LogP contribution >= 0.6 is 0 Å². The standard InChI is InChI=1S/C11H21N3O/c1-11(10-12,13-2)4-6-14-5-3-8-15-9-7-14/h13H,3-9H2,1-2H3. The molecular weight excluding hydrogens is 190 g/mol. The number of nitrogens with zero attached hydrogens (tertiary/aromatic N) is 2. The van der Waals surface area contributed by atoms with Gasteiger partial charge in [-0.05, 0) is 26.8 Å². The van der Waals surface area contributed by atoms with Crippen molar-refractivity contribution in [2.24, 2.45) is 0 Å². The first-order valence-corrected chi connectivity index (χ1v) is 5.60. The van der Waals surface area contributed by atoms with Gasteiger partial charge in [-0.2, -0.15) is 5.26 Å². The molecule has 86 valence electrons. The highest BCUT2D eigenvalue weighted by molar-refractivity contribution is 5.03. The van der Waals surface area contributed by atoms with Crippen LogP contribution in [0.5, 0.6) is 0 Å². The van der Waals surface area contributed by atoms with Crippen molar-refractivity contribution in [2.45, 2.75) is 25.3 Å². The molecule has 1 aliphatic heterocycles. The Labute approximate surface area is 92.2 Å². The monoisotopic (exact) mass is 211 g/mol. The average Bonchev–Trinajstić information content (AvgIpc) is 2.54. The van der Waals surface area contributed by atoms with Crippen molar-refractivity contribution in [3.8, 4) is 6.07 Å². The molecule has 0 aromatic carbocycles. The van der Waals surface area contributed by atoms with Crippen LogP contribution in [0.25, 0.3) is 0 Å². The topological polar surface area (TPSA) is 48.3 Å². The van der Waals surface area contributed by atoms with Crippen LogP contribution in [0.4, 0.5) is 0 Å². The van der Waals surface area contributed by atoms with Gasteiger partial charge in [0.25, 0.3) is 0 Å². The van der Waals surface area contributed by atoms with Crippen LogP contribution in [0.15, 0.2) is 0 Å². The molecule has 0 aromatic heterocycles. The summed E-state index contributed by atoms with van der Waals surface area (Å²) in [7, 11) is 1.84. The molecule has 4 nitrogen and oxygen atoms in total. The van der Waals surface area contributed by atoms with Gasteiger partial charge in [0.05, 0.1) is 12.7 Å². The zero-order valence-electron chi connectivity index (χ0n) is 9.75. The number of hydrogen-bond donors (Lipinski definition) is 1. The molecule has 0 bridgehead atoms. The Balaban J connectivity index is 2.31. The third-order valence-corrected chi connectivity index (χ3v) is 3.04. The number of nitriles is 1. The average molecular weight is 211 g/mol. The first-order valence-electron chi connectivity index (χ1n) is 5.60. The van der Waals surface area contributed by atoms with Crippen molar-refractivity contribution in [1.29, 1.82) is 5.26 Å². The largest absolute Gasteiger partial charge is 0.380 e. The van der Waals surface area contributed by atoms with Gasteiger partial charge in [0.2, 0.25) is 0 Å². The second-order valence-electron chi connectivity index (χ2n) is 4.25. The van der Waals surface area contributed by atoms with E-state index in [0.29, 0.717) is 0 Å². The smallest absolute Gasteiger partial charge is 0.104 e. The molecule has 15 heavy (non-hydrogen) atoms. The molecule has 0 aromatic rings. The Kier molecular flexibility index (Phi) is 5.03. The van der Waals surface area contributed by atoms with Crippen molar-refractivity contribution in [3.05, 3.63) is 0 Å². The van der Waals surface area contributed by atoms with Crippen molar-refractivity contribution in [3.63, 3.8) is 0 Å². The van der Waals surface area contributed by atoms with Crippen molar-refractivity contribution in [1.82, 2.24) is 10.2 Å². The van der Waals surface area contributed by atoms with Crippen LogP contribution in [0, 0.1) is 11.3 Å². The zero-order chi connectivity index (χ0) is 11.1. The van der Waals surface area contributed by atoms with E-state index in [1.807, 2.05) is 14.0 Å². The fourth-order valence-electron chi connectivity index (χ4n) is 1.64. The molecule has 1 N–H and O–H groups in total. The summed E-state index contributed by atoms with van der Waals surface area (Å²) in [5, 5.41) is 12.1. The molecular formula is C11H21N3O. The zero-order valence-corrected chi connectivity index (χ0v) is 9.75. The number of nitrogens with one attached hydrogen (secondary N) is 1. The van der Waals surface area contributed by atoms with Crippen LogP contribution in [-0.4, -0.2) is 50.3 Å². The molecule has 1 unspecified atom stereocenters. The summed E-state index contributed by atoms with van der Waals surface area (Å²) in [6.07, 6.45) is 1.96. The molecule has 0 saturated carbocycles. The Morgan fingerprint density at radius 3 is 2.93 bits per heavy atom. The van der Waals surface area contributed by atoms with Crippen LogP contribution in [-0.2, 0) is 4.74 Å². The predicted molar refractivity (Wildman–Crippen MR) is 59.6 cm³/mol. The summed E-state index contributed by atoms with van der Waals surface area (Å²) in [4.78, 5) is 2.37. The minimum Gasteiger partial charge on any atom is -0.380 e. The third kappa shape index (κ3) is 4.17. The number of hydrogen-bond acceptors (Lipinski definition) is 4. The second-order valence-corrected chi connectivity index (χ2v) is 4.25. The fraction of sp³-hybridized carbons (Fsp3) is 0.909. The molecule has 1 rings (SSSR count). The molecule has 0 radical (unpaired) electrons. The van der Waals surface area contributed by atoms with Crippen molar-refractivity contribution >= 4 is 0 Å². The van der Waals surface area contributed by atoms with E-state index in [9.17, 15) is 0 Å². The van der Waals surface area contributed by atoms with Crippen molar-refractivity contribution < 1.29 is 4.74 Å². The summed E-state index contributed by atoms with van der Waals surface area (Å²) in [5.74, 6) is 0. The quantitative estimate of drug-likeness (QED) is 0.740. The lowest BCUT2D eigenvalue weighted by atomic mass is 10.00. The van der Waals surface area contributed by atoms with Gasteiger partial charge in [0.1, 0.15) is 5.54 Å². The lowest BCUT2D eigenvalue weighted by Gasteiger charge is -2.25. The molecule has 1 atom stereocenters. The Hall–Kier alpha value is -0.630. The van der Waals surface area contributed by atoms with Gasteiger partial charge < -0.3 is 15.0 Å². The number of rotatable bonds is 4. The summed E-state index contributed by atoms with van der Waals surface area (Å²) >= 11 is 0. The third-order valence-electron chi connectivity index (χ3n) is 3.04. The summed E-state index contributed by atoms with van der Waals surface area (Å²) in [6, 6.07) is 2.31. The molecule has 1 aliphatic rings. The highest BCUT2D eigenvalue weighted by Gasteiger charge is 2.22. The first kappa shape index (κ1) is 12.4. The SMILES string of the molecule is CNC(C)(C#N)CCN1CCCOCC1. The second kappa shape index (κ2) is 6.06. The fourth-order valence-corrected chi connectivity index (χ4v) is 1.64. The number of ether oxygens (including phenoxy) is 1. The van der Waals surface area contributed by atoms with E-state index in [1.54, 1.807) is 0 Å². The van der Waals surface area contributed by atoms with Crippen LogP contribution in [0.3, 0.4) is 0 Å². The summed E-state index contributed by atoms with van der Waals surface area (Å²) in [6.45, 7) is 6.69. The van der Waals surface area contributed by atoms with E-state index in [-0.39, 0.29) is 0 Å². The molecule has 1 heterocycles. The van der Waals surface area contributed by atoms with Crippen LogP contribution in [0.1, 0.15) is 19.8 Å². The van der Waals surface area contributed by atoms with E-state index in [1.165, 1.54) is 0 Å². The minimum absolute atomic E-state index is 0.396. The van der Waals surface area contributed by atoms with Gasteiger partial charge >= 0.3 is 0 Å². The molecule has 1 saturated heterocycles. The predicted octanol–water partition coefficient (Wildman–Crippen LogP) is 0.600.